The Labute approximate surface area is 105 Å². The summed E-state index contributed by atoms with van der Waals surface area (Å²) in [6, 6.07) is 14.2. The molecule has 0 unspecified atom stereocenters. The zero-order chi connectivity index (χ0) is 11.6. The van der Waals surface area contributed by atoms with Crippen molar-refractivity contribution < 1.29 is 13.2 Å². The summed E-state index contributed by atoms with van der Waals surface area (Å²) in [6.45, 7) is 0. The molecule has 2 aromatic rings. The van der Waals surface area contributed by atoms with Crippen LogP contribution in [-0.2, 0) is 6.18 Å². The minimum Gasteiger partial charge on any atom is -0.197 e. The fourth-order valence-electron chi connectivity index (χ4n) is 1.60. The van der Waals surface area contributed by atoms with E-state index < -0.39 is 11.7 Å². The monoisotopic (exact) mass is 256 g/mol. The smallest absolute Gasteiger partial charge is 0.197 e. The predicted molar refractivity (Wildman–Crippen MR) is 67.3 cm³/mol. The summed E-state index contributed by atoms with van der Waals surface area (Å²) in [5, 5.41) is 0. The van der Waals surface area contributed by atoms with Crippen molar-refractivity contribution in [2.24, 2.45) is 0 Å². The van der Waals surface area contributed by atoms with Gasteiger partial charge in [0.05, 0.1) is 5.56 Å². The minimum absolute atomic E-state index is 0. The van der Waals surface area contributed by atoms with Crippen LogP contribution in [-0.4, -0.2) is 0 Å². The maximum absolute atomic E-state index is 12.7. The second kappa shape index (κ2) is 5.27. The molecule has 4 heteroatoms. The van der Waals surface area contributed by atoms with Crippen molar-refractivity contribution in [1.82, 2.24) is 0 Å². The number of hydrogen-bond acceptors (Lipinski definition) is 0. The van der Waals surface area contributed by atoms with E-state index in [1.54, 1.807) is 36.4 Å². The average Bonchev–Trinajstić information content (AvgIpc) is 2.29. The Hall–Kier alpha value is -1.42. The lowest BCUT2D eigenvalue weighted by molar-refractivity contribution is -0.137. The Morgan fingerprint density at radius 2 is 1.24 bits per heavy atom. The first-order valence-electron chi connectivity index (χ1n) is 4.80. The molecule has 0 aliphatic heterocycles. The van der Waals surface area contributed by atoms with Crippen molar-refractivity contribution >= 4 is 13.5 Å². The third-order valence-electron chi connectivity index (χ3n) is 2.32. The molecule has 17 heavy (non-hydrogen) atoms. The lowest BCUT2D eigenvalue weighted by Gasteiger charge is -2.12. The molecule has 0 aromatic heterocycles. The van der Waals surface area contributed by atoms with Crippen LogP contribution < -0.4 is 0 Å². The quantitative estimate of drug-likeness (QED) is 0.705. The van der Waals surface area contributed by atoms with Crippen LogP contribution in [0, 0.1) is 0 Å². The third kappa shape index (κ3) is 3.03. The summed E-state index contributed by atoms with van der Waals surface area (Å²) in [4.78, 5) is 0. The van der Waals surface area contributed by atoms with Gasteiger partial charge in [-0.2, -0.15) is 26.7 Å². The number of hydrogen-bond donors (Lipinski definition) is 0. The van der Waals surface area contributed by atoms with Gasteiger partial charge in [0, 0.05) is 0 Å². The topological polar surface area (TPSA) is 0 Å². The van der Waals surface area contributed by atoms with Crippen LogP contribution in [0.2, 0.25) is 0 Å². The second-order valence-corrected chi connectivity index (χ2v) is 3.41. The number of benzene rings is 2. The first-order chi connectivity index (χ1) is 7.59. The molecular formula is C13H11F3S. The summed E-state index contributed by atoms with van der Waals surface area (Å²) >= 11 is 0. The van der Waals surface area contributed by atoms with E-state index in [0.717, 1.165) is 6.07 Å². The molecule has 0 spiro atoms. The van der Waals surface area contributed by atoms with E-state index in [9.17, 15) is 13.2 Å². The molecule has 0 amide bonds. The van der Waals surface area contributed by atoms with Crippen molar-refractivity contribution in [3.8, 4) is 11.1 Å². The van der Waals surface area contributed by atoms with Gasteiger partial charge in [0.1, 0.15) is 0 Å². The standard InChI is InChI=1S/C13H9F3.H2S/c14-13(15,16)12-9-5-4-8-11(12)10-6-2-1-3-7-10;/h1-9H;1H2. The molecule has 2 rings (SSSR count). The van der Waals surface area contributed by atoms with Gasteiger partial charge in [-0.3, -0.25) is 0 Å². The SMILES string of the molecule is FC(F)(F)c1ccccc1-c1ccccc1.S. The summed E-state index contributed by atoms with van der Waals surface area (Å²) in [5.74, 6) is 0. The van der Waals surface area contributed by atoms with Crippen LogP contribution in [0.4, 0.5) is 13.2 Å². The van der Waals surface area contributed by atoms with Gasteiger partial charge in [-0.25, -0.2) is 0 Å². The first-order valence-corrected chi connectivity index (χ1v) is 4.80. The Morgan fingerprint density at radius 3 is 1.82 bits per heavy atom. The largest absolute Gasteiger partial charge is 0.417 e. The Balaban J connectivity index is 0.00000144. The number of halogens is 3. The van der Waals surface area contributed by atoms with E-state index in [1.807, 2.05) is 0 Å². The second-order valence-electron chi connectivity index (χ2n) is 3.41. The van der Waals surface area contributed by atoms with Crippen LogP contribution >= 0.6 is 13.5 Å². The Bertz CT molecular complexity index is 478. The van der Waals surface area contributed by atoms with Crippen molar-refractivity contribution in [2.45, 2.75) is 6.18 Å². The molecule has 0 heterocycles. The van der Waals surface area contributed by atoms with E-state index in [0.29, 0.717) is 5.56 Å². The van der Waals surface area contributed by atoms with Crippen LogP contribution in [0.25, 0.3) is 11.1 Å². The molecule has 0 saturated carbocycles. The highest BCUT2D eigenvalue weighted by molar-refractivity contribution is 7.59. The fraction of sp³-hybridized carbons (Fsp3) is 0.0769. The van der Waals surface area contributed by atoms with Gasteiger partial charge in [0.25, 0.3) is 0 Å². The summed E-state index contributed by atoms with van der Waals surface area (Å²) < 4.78 is 38.2. The van der Waals surface area contributed by atoms with E-state index in [1.165, 1.54) is 12.1 Å². The molecule has 0 radical (unpaired) electrons. The van der Waals surface area contributed by atoms with Crippen molar-refractivity contribution in [3.63, 3.8) is 0 Å². The Morgan fingerprint density at radius 1 is 0.706 bits per heavy atom. The van der Waals surface area contributed by atoms with Crippen LogP contribution in [0.1, 0.15) is 5.56 Å². The molecule has 0 nitrogen and oxygen atoms in total. The van der Waals surface area contributed by atoms with Crippen LogP contribution in [0.3, 0.4) is 0 Å². The van der Waals surface area contributed by atoms with E-state index in [-0.39, 0.29) is 19.1 Å². The summed E-state index contributed by atoms with van der Waals surface area (Å²) in [6.07, 6.45) is -4.31. The van der Waals surface area contributed by atoms with E-state index in [2.05, 4.69) is 0 Å². The number of rotatable bonds is 1. The summed E-state index contributed by atoms with van der Waals surface area (Å²) in [5.41, 5.74) is 0.201. The van der Waals surface area contributed by atoms with E-state index >= 15 is 0 Å². The highest BCUT2D eigenvalue weighted by Gasteiger charge is 2.33. The molecule has 90 valence electrons. The van der Waals surface area contributed by atoms with Crippen molar-refractivity contribution in [3.05, 3.63) is 60.2 Å². The molecular weight excluding hydrogens is 245 g/mol. The van der Waals surface area contributed by atoms with Crippen LogP contribution in [0.15, 0.2) is 54.6 Å². The first kappa shape index (κ1) is 13.6. The van der Waals surface area contributed by atoms with Gasteiger partial charge in [-0.05, 0) is 17.2 Å². The molecule has 2 aromatic carbocycles. The van der Waals surface area contributed by atoms with E-state index in [4.69, 9.17) is 0 Å². The zero-order valence-electron chi connectivity index (χ0n) is 8.83. The highest BCUT2D eigenvalue weighted by atomic mass is 32.1. The molecule has 0 bridgehead atoms. The van der Waals surface area contributed by atoms with Gasteiger partial charge in [0.2, 0.25) is 0 Å². The molecule has 0 atom stereocenters. The predicted octanol–water partition coefficient (Wildman–Crippen LogP) is 4.49. The maximum Gasteiger partial charge on any atom is 0.417 e. The van der Waals surface area contributed by atoms with Gasteiger partial charge in [-0.1, -0.05) is 48.5 Å². The lowest BCUT2D eigenvalue weighted by atomic mass is 9.99. The molecule has 0 N–H and O–H groups in total. The maximum atomic E-state index is 12.7. The van der Waals surface area contributed by atoms with Gasteiger partial charge in [0.15, 0.2) is 0 Å². The zero-order valence-corrected chi connectivity index (χ0v) is 9.83. The normalized spacial score (nSPS) is 10.8. The van der Waals surface area contributed by atoms with Crippen molar-refractivity contribution in [2.75, 3.05) is 0 Å². The average molecular weight is 256 g/mol. The Kier molecular flexibility index (Phi) is 4.23. The van der Waals surface area contributed by atoms with Crippen LogP contribution in [0.5, 0.6) is 0 Å². The fourth-order valence-corrected chi connectivity index (χ4v) is 1.60. The third-order valence-corrected chi connectivity index (χ3v) is 2.32. The molecule has 0 aliphatic carbocycles. The van der Waals surface area contributed by atoms with Gasteiger partial charge >= 0.3 is 6.18 Å². The van der Waals surface area contributed by atoms with Gasteiger partial charge in [-0.15, -0.1) is 0 Å². The van der Waals surface area contributed by atoms with Gasteiger partial charge < -0.3 is 0 Å². The number of alkyl halides is 3. The summed E-state index contributed by atoms with van der Waals surface area (Å²) in [7, 11) is 0. The molecule has 0 fully saturated rings. The lowest BCUT2D eigenvalue weighted by Crippen LogP contribution is -2.06. The minimum atomic E-state index is -4.31. The molecule has 0 aliphatic rings. The highest BCUT2D eigenvalue weighted by Crippen LogP contribution is 2.36. The molecule has 0 saturated heterocycles. The van der Waals surface area contributed by atoms with Crippen molar-refractivity contribution in [1.29, 1.82) is 0 Å².